The van der Waals surface area contributed by atoms with Crippen molar-refractivity contribution in [2.45, 2.75) is 51.6 Å². The first-order valence-electron chi connectivity index (χ1n) is 4.92. The van der Waals surface area contributed by atoms with E-state index in [2.05, 4.69) is 0 Å². The molecule has 1 fully saturated rings. The van der Waals surface area contributed by atoms with Crippen molar-refractivity contribution in [2.75, 3.05) is 0 Å². The predicted octanol–water partition coefficient (Wildman–Crippen LogP) is 2.29. The van der Waals surface area contributed by atoms with Crippen molar-refractivity contribution < 1.29 is 9.53 Å². The Labute approximate surface area is 79.0 Å². The number of carbonyl (C=O) groups is 1. The number of nitrogens with one attached hydrogen (secondary N) is 1. The van der Waals surface area contributed by atoms with Crippen molar-refractivity contribution in [3.63, 3.8) is 0 Å². The maximum Gasteiger partial charge on any atom is 0.311 e. The lowest BCUT2D eigenvalue weighted by molar-refractivity contribution is -0.148. The summed E-state index contributed by atoms with van der Waals surface area (Å²) in [5.74, 6) is -0.237. The highest BCUT2D eigenvalue weighted by Crippen LogP contribution is 2.20. The van der Waals surface area contributed by atoms with Gasteiger partial charge in [0.2, 0.25) is 0 Å². The maximum absolute atomic E-state index is 11.2. The first kappa shape index (κ1) is 10.2. The molecule has 0 unspecified atom stereocenters. The summed E-state index contributed by atoms with van der Waals surface area (Å²) in [5.41, 5.74) is 0.376. The molecule has 1 aliphatic carbocycles. The van der Waals surface area contributed by atoms with Crippen LogP contribution in [0.25, 0.3) is 0 Å². The SMILES string of the molecule is CC(=N)CC(=O)OC1CCCCC1. The largest absolute Gasteiger partial charge is 0.462 e. The van der Waals surface area contributed by atoms with Gasteiger partial charge in [-0.15, -0.1) is 0 Å². The van der Waals surface area contributed by atoms with Crippen LogP contribution in [-0.2, 0) is 9.53 Å². The van der Waals surface area contributed by atoms with Gasteiger partial charge in [-0.05, 0) is 32.6 Å². The molecule has 0 aliphatic heterocycles. The highest BCUT2D eigenvalue weighted by atomic mass is 16.5. The van der Waals surface area contributed by atoms with Crippen LogP contribution in [0.5, 0.6) is 0 Å². The molecule has 1 N–H and O–H groups in total. The zero-order chi connectivity index (χ0) is 9.68. The van der Waals surface area contributed by atoms with Crippen molar-refractivity contribution in [2.24, 2.45) is 0 Å². The minimum Gasteiger partial charge on any atom is -0.462 e. The molecule has 1 rings (SSSR count). The second kappa shape index (κ2) is 5.00. The lowest BCUT2D eigenvalue weighted by atomic mass is 9.98. The zero-order valence-electron chi connectivity index (χ0n) is 8.14. The normalized spacial score (nSPS) is 18.2. The summed E-state index contributed by atoms with van der Waals surface area (Å²) in [6.07, 6.45) is 5.88. The predicted molar refractivity (Wildman–Crippen MR) is 51.0 cm³/mol. The average Bonchev–Trinajstić information content (AvgIpc) is 2.04. The van der Waals surface area contributed by atoms with E-state index < -0.39 is 0 Å². The Bertz CT molecular complexity index is 195. The summed E-state index contributed by atoms with van der Waals surface area (Å²) in [7, 11) is 0. The third-order valence-electron chi connectivity index (χ3n) is 2.26. The van der Waals surface area contributed by atoms with Gasteiger partial charge in [-0.1, -0.05) is 6.42 Å². The van der Waals surface area contributed by atoms with E-state index in [1.54, 1.807) is 6.92 Å². The quantitative estimate of drug-likeness (QED) is 0.539. The van der Waals surface area contributed by atoms with E-state index in [1.807, 2.05) is 0 Å². The van der Waals surface area contributed by atoms with Gasteiger partial charge >= 0.3 is 5.97 Å². The van der Waals surface area contributed by atoms with Gasteiger partial charge in [-0.2, -0.15) is 0 Å². The Morgan fingerprint density at radius 1 is 1.38 bits per heavy atom. The molecule has 0 bridgehead atoms. The number of rotatable bonds is 3. The van der Waals surface area contributed by atoms with Crippen molar-refractivity contribution in [3.8, 4) is 0 Å². The third-order valence-corrected chi connectivity index (χ3v) is 2.26. The van der Waals surface area contributed by atoms with E-state index in [-0.39, 0.29) is 18.5 Å². The summed E-state index contributed by atoms with van der Waals surface area (Å²) in [6, 6.07) is 0. The first-order chi connectivity index (χ1) is 6.18. The van der Waals surface area contributed by atoms with Crippen LogP contribution in [-0.4, -0.2) is 17.8 Å². The molecular formula is C10H17NO2. The van der Waals surface area contributed by atoms with E-state index in [0.29, 0.717) is 5.71 Å². The first-order valence-corrected chi connectivity index (χ1v) is 4.92. The summed E-state index contributed by atoms with van der Waals surface area (Å²) in [5, 5.41) is 7.14. The van der Waals surface area contributed by atoms with Crippen LogP contribution >= 0.6 is 0 Å². The van der Waals surface area contributed by atoms with Gasteiger partial charge in [0.25, 0.3) is 0 Å². The number of esters is 1. The zero-order valence-corrected chi connectivity index (χ0v) is 8.14. The molecule has 13 heavy (non-hydrogen) atoms. The smallest absolute Gasteiger partial charge is 0.311 e. The molecule has 0 aromatic heterocycles. The summed E-state index contributed by atoms with van der Waals surface area (Å²) in [6.45, 7) is 1.63. The van der Waals surface area contributed by atoms with Gasteiger partial charge in [0.1, 0.15) is 6.10 Å². The Kier molecular flexibility index (Phi) is 3.93. The fourth-order valence-electron chi connectivity index (χ4n) is 1.63. The van der Waals surface area contributed by atoms with E-state index in [4.69, 9.17) is 10.1 Å². The van der Waals surface area contributed by atoms with E-state index >= 15 is 0 Å². The molecule has 74 valence electrons. The molecule has 0 amide bonds. The Morgan fingerprint density at radius 2 is 2.00 bits per heavy atom. The molecule has 0 aromatic rings. The van der Waals surface area contributed by atoms with Crippen molar-refractivity contribution in [1.82, 2.24) is 0 Å². The second-order valence-corrected chi connectivity index (χ2v) is 3.71. The Hall–Kier alpha value is -0.860. The standard InChI is InChI=1S/C10H17NO2/c1-8(11)7-10(12)13-9-5-3-2-4-6-9/h9,11H,2-7H2,1H3. The van der Waals surface area contributed by atoms with E-state index in [9.17, 15) is 4.79 Å². The lowest BCUT2D eigenvalue weighted by Gasteiger charge is -2.21. The van der Waals surface area contributed by atoms with E-state index in [0.717, 1.165) is 12.8 Å². The van der Waals surface area contributed by atoms with Crippen molar-refractivity contribution in [1.29, 1.82) is 5.41 Å². The highest BCUT2D eigenvalue weighted by Gasteiger charge is 2.17. The van der Waals surface area contributed by atoms with Crippen molar-refractivity contribution in [3.05, 3.63) is 0 Å². The minimum absolute atomic E-state index is 0.126. The molecular weight excluding hydrogens is 166 g/mol. The number of ether oxygens (including phenoxy) is 1. The van der Waals surface area contributed by atoms with Crippen LogP contribution in [0.4, 0.5) is 0 Å². The van der Waals surface area contributed by atoms with Gasteiger partial charge in [-0.25, -0.2) is 0 Å². The molecule has 3 heteroatoms. The number of hydrogen-bond donors (Lipinski definition) is 1. The molecule has 0 spiro atoms. The fraction of sp³-hybridized carbons (Fsp3) is 0.800. The Morgan fingerprint density at radius 3 is 2.54 bits per heavy atom. The van der Waals surface area contributed by atoms with E-state index in [1.165, 1.54) is 19.3 Å². The molecule has 1 saturated carbocycles. The van der Waals surface area contributed by atoms with Gasteiger partial charge in [0.05, 0.1) is 6.42 Å². The summed E-state index contributed by atoms with van der Waals surface area (Å²) >= 11 is 0. The van der Waals surface area contributed by atoms with Gasteiger partial charge in [0.15, 0.2) is 0 Å². The fourth-order valence-corrected chi connectivity index (χ4v) is 1.63. The van der Waals surface area contributed by atoms with Gasteiger partial charge < -0.3 is 10.1 Å². The highest BCUT2D eigenvalue weighted by molar-refractivity contribution is 5.95. The molecule has 1 aliphatic rings. The molecule has 0 radical (unpaired) electrons. The van der Waals surface area contributed by atoms with Crippen LogP contribution in [0.3, 0.4) is 0 Å². The monoisotopic (exact) mass is 183 g/mol. The topological polar surface area (TPSA) is 50.2 Å². The van der Waals surface area contributed by atoms with Crippen LogP contribution in [0.1, 0.15) is 45.4 Å². The lowest BCUT2D eigenvalue weighted by Crippen LogP contribution is -2.21. The van der Waals surface area contributed by atoms with Crippen LogP contribution < -0.4 is 0 Å². The van der Waals surface area contributed by atoms with Crippen LogP contribution in [0, 0.1) is 5.41 Å². The maximum atomic E-state index is 11.2. The molecule has 0 saturated heterocycles. The molecule has 0 aromatic carbocycles. The summed E-state index contributed by atoms with van der Waals surface area (Å²) < 4.78 is 5.22. The second-order valence-electron chi connectivity index (χ2n) is 3.71. The third kappa shape index (κ3) is 4.06. The van der Waals surface area contributed by atoms with Crippen LogP contribution in [0.15, 0.2) is 0 Å². The van der Waals surface area contributed by atoms with Gasteiger partial charge in [-0.3, -0.25) is 4.79 Å². The van der Waals surface area contributed by atoms with Crippen molar-refractivity contribution >= 4 is 11.7 Å². The average molecular weight is 183 g/mol. The van der Waals surface area contributed by atoms with Crippen LogP contribution in [0.2, 0.25) is 0 Å². The summed E-state index contributed by atoms with van der Waals surface area (Å²) in [4.78, 5) is 11.2. The van der Waals surface area contributed by atoms with Gasteiger partial charge in [0, 0.05) is 5.71 Å². The molecule has 0 atom stereocenters. The number of carbonyl (C=O) groups excluding carboxylic acids is 1. The number of hydrogen-bond acceptors (Lipinski definition) is 3. The molecule has 3 nitrogen and oxygen atoms in total. The molecule has 0 heterocycles. The minimum atomic E-state index is -0.237. The Balaban J connectivity index is 2.22.